The lowest BCUT2D eigenvalue weighted by atomic mass is 10.1. The summed E-state index contributed by atoms with van der Waals surface area (Å²) in [7, 11) is 0. The quantitative estimate of drug-likeness (QED) is 0.773. The molecule has 2 aliphatic rings. The summed E-state index contributed by atoms with van der Waals surface area (Å²) in [6.07, 6.45) is 1.57. The van der Waals surface area contributed by atoms with Crippen molar-refractivity contribution in [2.75, 3.05) is 5.32 Å². The van der Waals surface area contributed by atoms with E-state index in [1.54, 1.807) is 4.90 Å². The van der Waals surface area contributed by atoms with Gasteiger partial charge in [-0.2, -0.15) is 0 Å². The minimum absolute atomic E-state index is 0.0705. The highest BCUT2D eigenvalue weighted by molar-refractivity contribution is 8.15. The van der Waals surface area contributed by atoms with E-state index >= 15 is 0 Å². The van der Waals surface area contributed by atoms with Crippen molar-refractivity contribution < 1.29 is 9.59 Å². The Bertz CT molecular complexity index is 1060. The van der Waals surface area contributed by atoms with E-state index in [1.165, 1.54) is 11.8 Å². The summed E-state index contributed by atoms with van der Waals surface area (Å²) in [4.78, 5) is 36.8. The second-order valence-corrected chi connectivity index (χ2v) is 8.77. The minimum Gasteiger partial charge on any atom is -0.325 e. The van der Waals surface area contributed by atoms with Crippen LogP contribution < -0.4 is 5.32 Å². The molecule has 0 spiro atoms. The highest BCUT2D eigenvalue weighted by Crippen LogP contribution is 2.35. The summed E-state index contributed by atoms with van der Waals surface area (Å²) in [6.45, 7) is 5.84. The third-order valence-corrected chi connectivity index (χ3v) is 6.10. The van der Waals surface area contributed by atoms with Gasteiger partial charge in [-0.3, -0.25) is 14.6 Å². The summed E-state index contributed by atoms with van der Waals surface area (Å²) in [5.74, 6) is 0.430. The van der Waals surface area contributed by atoms with Crippen molar-refractivity contribution in [1.29, 1.82) is 0 Å². The lowest BCUT2D eigenvalue weighted by Crippen LogP contribution is -2.42. The third-order valence-electron chi connectivity index (χ3n) is 5.05. The number of amides is 2. The Labute approximate surface area is 180 Å². The highest BCUT2D eigenvalue weighted by atomic mass is 32.2. The number of nitrogens with zero attached hydrogens (tertiary/aromatic N) is 3. The van der Waals surface area contributed by atoms with Crippen LogP contribution in [0.2, 0.25) is 0 Å². The molecule has 6 nitrogen and oxygen atoms in total. The number of aryl methyl sites for hydroxylation is 1. The van der Waals surface area contributed by atoms with Crippen molar-refractivity contribution >= 4 is 46.0 Å². The smallest absolute Gasteiger partial charge is 0.259 e. The van der Waals surface area contributed by atoms with Gasteiger partial charge < -0.3 is 5.32 Å². The van der Waals surface area contributed by atoms with Gasteiger partial charge in [-0.25, -0.2) is 9.89 Å². The molecular formula is C23H24N4O2S. The van der Waals surface area contributed by atoms with Gasteiger partial charge in [0.15, 0.2) is 5.17 Å². The molecule has 2 aromatic carbocycles. The lowest BCUT2D eigenvalue weighted by Gasteiger charge is -2.26. The Morgan fingerprint density at radius 1 is 1.23 bits per heavy atom. The van der Waals surface area contributed by atoms with E-state index in [9.17, 15) is 9.59 Å². The molecule has 0 saturated carbocycles. The lowest BCUT2D eigenvalue weighted by molar-refractivity contribution is -0.124. The Kier molecular flexibility index (Phi) is 5.72. The summed E-state index contributed by atoms with van der Waals surface area (Å²) in [5.41, 5.74) is 3.45. The first-order chi connectivity index (χ1) is 14.5. The van der Waals surface area contributed by atoms with Crippen LogP contribution >= 0.6 is 11.8 Å². The fraction of sp³-hybridized carbons (Fsp3) is 0.304. The SMILES string of the molecule is CCCC1N=C2c3ccccc3N=C(SC(C)C(=O)Nc3cccc(C)c3)N2C1=O. The predicted molar refractivity (Wildman–Crippen MR) is 122 cm³/mol. The average molecular weight is 421 g/mol. The molecule has 4 rings (SSSR count). The van der Waals surface area contributed by atoms with Gasteiger partial charge in [-0.15, -0.1) is 0 Å². The molecule has 30 heavy (non-hydrogen) atoms. The fourth-order valence-corrected chi connectivity index (χ4v) is 4.44. The number of aliphatic imine (C=N–C) groups is 2. The standard InChI is InChI=1S/C23H24N4O2S/c1-4-8-19-22(29)27-20(25-19)17-11-5-6-12-18(17)26-23(27)30-15(3)21(28)24-16-10-7-9-14(2)13-16/h5-7,9-13,15,19H,4,8H2,1-3H3,(H,24,28). The van der Waals surface area contributed by atoms with E-state index < -0.39 is 11.3 Å². The average Bonchev–Trinajstić information content (AvgIpc) is 3.05. The molecule has 2 aromatic rings. The maximum Gasteiger partial charge on any atom is 0.259 e. The van der Waals surface area contributed by atoms with Crippen LogP contribution in [0.5, 0.6) is 0 Å². The molecule has 0 saturated heterocycles. The molecule has 0 bridgehead atoms. The van der Waals surface area contributed by atoms with Crippen molar-refractivity contribution in [3.63, 3.8) is 0 Å². The van der Waals surface area contributed by atoms with E-state index in [-0.39, 0.29) is 11.8 Å². The van der Waals surface area contributed by atoms with Gasteiger partial charge in [-0.1, -0.05) is 49.4 Å². The minimum atomic E-state index is -0.436. The Morgan fingerprint density at radius 3 is 2.80 bits per heavy atom. The number of fused-ring (bicyclic) bond motifs is 3. The van der Waals surface area contributed by atoms with Gasteiger partial charge in [0.25, 0.3) is 5.91 Å². The Balaban J connectivity index is 1.58. The molecular weight excluding hydrogens is 396 g/mol. The molecule has 0 aliphatic carbocycles. The molecule has 154 valence electrons. The fourth-order valence-electron chi connectivity index (χ4n) is 3.52. The van der Waals surface area contributed by atoms with Crippen LogP contribution in [-0.2, 0) is 9.59 Å². The van der Waals surface area contributed by atoms with Crippen molar-refractivity contribution in [3.05, 3.63) is 59.7 Å². The second-order valence-electron chi connectivity index (χ2n) is 7.46. The van der Waals surface area contributed by atoms with Crippen LogP contribution in [0.3, 0.4) is 0 Å². The second kappa shape index (κ2) is 8.44. The number of rotatable bonds is 5. The number of hydrogen-bond acceptors (Lipinski definition) is 5. The summed E-state index contributed by atoms with van der Waals surface area (Å²) >= 11 is 1.28. The first kappa shape index (κ1) is 20.3. The third kappa shape index (κ3) is 3.89. The molecule has 2 amide bonds. The number of anilines is 1. The molecule has 2 atom stereocenters. The van der Waals surface area contributed by atoms with E-state index in [1.807, 2.05) is 69.3 Å². The van der Waals surface area contributed by atoms with Crippen LogP contribution in [0.4, 0.5) is 11.4 Å². The Hall–Kier alpha value is -2.93. The molecule has 0 radical (unpaired) electrons. The number of hydrogen-bond donors (Lipinski definition) is 1. The number of para-hydroxylation sites is 1. The van der Waals surface area contributed by atoms with Gasteiger partial charge in [-0.05, 0) is 50.1 Å². The number of benzene rings is 2. The van der Waals surface area contributed by atoms with Crippen LogP contribution in [0.15, 0.2) is 58.5 Å². The largest absolute Gasteiger partial charge is 0.325 e. The van der Waals surface area contributed by atoms with Crippen LogP contribution in [0, 0.1) is 6.92 Å². The van der Waals surface area contributed by atoms with Gasteiger partial charge in [0, 0.05) is 11.3 Å². The van der Waals surface area contributed by atoms with E-state index in [0.29, 0.717) is 17.4 Å². The van der Waals surface area contributed by atoms with Crippen molar-refractivity contribution in [2.45, 2.75) is 44.9 Å². The summed E-state index contributed by atoms with van der Waals surface area (Å²) in [5, 5.41) is 3.01. The summed E-state index contributed by atoms with van der Waals surface area (Å²) < 4.78 is 0. The van der Waals surface area contributed by atoms with E-state index in [0.717, 1.165) is 28.9 Å². The zero-order valence-corrected chi connectivity index (χ0v) is 18.1. The monoisotopic (exact) mass is 420 g/mol. The maximum atomic E-state index is 13.0. The van der Waals surface area contributed by atoms with Gasteiger partial charge >= 0.3 is 0 Å². The number of carbonyl (C=O) groups excluding carboxylic acids is 2. The first-order valence-corrected chi connectivity index (χ1v) is 11.0. The molecule has 0 fully saturated rings. The zero-order valence-electron chi connectivity index (χ0n) is 17.3. The number of thioether (sulfide) groups is 1. The summed E-state index contributed by atoms with van der Waals surface area (Å²) in [6, 6.07) is 15.0. The van der Waals surface area contributed by atoms with E-state index in [4.69, 9.17) is 9.98 Å². The zero-order chi connectivity index (χ0) is 21.3. The maximum absolute atomic E-state index is 13.0. The van der Waals surface area contributed by atoms with Crippen LogP contribution in [0.25, 0.3) is 0 Å². The molecule has 7 heteroatoms. The van der Waals surface area contributed by atoms with Crippen LogP contribution in [0.1, 0.15) is 37.8 Å². The van der Waals surface area contributed by atoms with Gasteiger partial charge in [0.2, 0.25) is 5.91 Å². The molecule has 0 aromatic heterocycles. The highest BCUT2D eigenvalue weighted by Gasteiger charge is 2.41. The van der Waals surface area contributed by atoms with Crippen molar-refractivity contribution in [3.8, 4) is 0 Å². The number of nitrogens with one attached hydrogen (secondary N) is 1. The Morgan fingerprint density at radius 2 is 2.03 bits per heavy atom. The molecule has 2 aliphatic heterocycles. The van der Waals surface area contributed by atoms with Gasteiger partial charge in [0.05, 0.1) is 10.9 Å². The first-order valence-electron chi connectivity index (χ1n) is 10.1. The van der Waals surface area contributed by atoms with Gasteiger partial charge in [0.1, 0.15) is 11.9 Å². The molecule has 1 N–H and O–H groups in total. The predicted octanol–water partition coefficient (Wildman–Crippen LogP) is 4.51. The molecule has 2 heterocycles. The topological polar surface area (TPSA) is 74.1 Å². The van der Waals surface area contributed by atoms with E-state index in [2.05, 4.69) is 5.32 Å². The number of carbonyl (C=O) groups is 2. The van der Waals surface area contributed by atoms with Crippen LogP contribution in [-0.4, -0.2) is 39.0 Å². The molecule has 2 unspecified atom stereocenters. The normalized spacial score (nSPS) is 18.3. The number of amidine groups is 2. The van der Waals surface area contributed by atoms with Crippen molar-refractivity contribution in [1.82, 2.24) is 4.90 Å². The van der Waals surface area contributed by atoms with Crippen molar-refractivity contribution in [2.24, 2.45) is 9.98 Å².